The molecule has 0 amide bonds. The second kappa shape index (κ2) is 13.9. The van der Waals surface area contributed by atoms with Crippen molar-refractivity contribution in [1.82, 2.24) is 14.7 Å². The third-order valence-corrected chi connectivity index (χ3v) is 5.79. The van der Waals surface area contributed by atoms with Crippen LogP contribution in [0.5, 0.6) is 0 Å². The largest absolute Gasteiger partial charge is 0.480 e. The summed E-state index contributed by atoms with van der Waals surface area (Å²) in [6.45, 7) is 3.34. The molecule has 0 radical (unpaired) electrons. The number of nitrogens with zero attached hydrogens (tertiary/aromatic N) is 3. The second-order valence-electron chi connectivity index (χ2n) is 8.73. The molecule has 5 N–H and O–H groups in total. The van der Waals surface area contributed by atoms with Gasteiger partial charge in [-0.1, -0.05) is 24.3 Å². The van der Waals surface area contributed by atoms with Crippen LogP contribution in [0.3, 0.4) is 0 Å². The van der Waals surface area contributed by atoms with Gasteiger partial charge < -0.3 is 21.1 Å². The maximum Gasteiger partial charge on any atom is 0.317 e. The summed E-state index contributed by atoms with van der Waals surface area (Å²) >= 11 is 0. The van der Waals surface area contributed by atoms with Crippen molar-refractivity contribution < 1.29 is 29.7 Å². The van der Waals surface area contributed by atoms with Gasteiger partial charge in [-0.25, -0.2) is 0 Å². The summed E-state index contributed by atoms with van der Waals surface area (Å²) in [7, 11) is 0. The van der Waals surface area contributed by atoms with Crippen LogP contribution in [0.1, 0.15) is 24.0 Å². The molecule has 1 aromatic carbocycles. The first-order valence-electron chi connectivity index (χ1n) is 11.4. The summed E-state index contributed by atoms with van der Waals surface area (Å²) in [5.74, 6) is -2.70. The highest BCUT2D eigenvalue weighted by Gasteiger charge is 2.23. The molecule has 1 aliphatic heterocycles. The number of carboxylic acid groups (broad SMARTS) is 3. The summed E-state index contributed by atoms with van der Waals surface area (Å²) in [6.07, 6.45) is 2.02. The van der Waals surface area contributed by atoms with Crippen LogP contribution in [0.4, 0.5) is 0 Å². The molecule has 0 bridgehead atoms. The normalized spacial score (nSPS) is 18.3. The van der Waals surface area contributed by atoms with Crippen LogP contribution in [0, 0.1) is 5.92 Å². The molecule has 0 saturated carbocycles. The molecule has 10 nitrogen and oxygen atoms in total. The molecule has 2 rings (SSSR count). The minimum atomic E-state index is -0.919. The molecule has 0 aliphatic carbocycles. The Morgan fingerprint density at radius 2 is 1.12 bits per heavy atom. The van der Waals surface area contributed by atoms with Crippen molar-refractivity contribution in [2.24, 2.45) is 11.7 Å². The lowest BCUT2D eigenvalue weighted by Crippen LogP contribution is -2.44. The molecular weight excluding hydrogens is 428 g/mol. The molecule has 0 atom stereocenters. The van der Waals surface area contributed by atoms with Crippen LogP contribution >= 0.6 is 0 Å². The molecule has 1 aromatic rings. The van der Waals surface area contributed by atoms with E-state index in [4.69, 9.17) is 5.73 Å². The van der Waals surface area contributed by atoms with Crippen molar-refractivity contribution in [3.05, 3.63) is 35.4 Å². The molecule has 1 saturated heterocycles. The van der Waals surface area contributed by atoms with E-state index in [2.05, 4.69) is 0 Å². The van der Waals surface area contributed by atoms with E-state index in [1.807, 2.05) is 39.0 Å². The zero-order chi connectivity index (χ0) is 24.2. The van der Waals surface area contributed by atoms with E-state index in [1.54, 1.807) is 0 Å². The SMILES string of the molecule is NCc1ccc(CC2CN(CC(=O)O)CCCN(CC(=O)O)CCCN(CC(=O)O)C2)cc1. The maximum absolute atomic E-state index is 11.5. The molecular formula is C23H36N4O6. The van der Waals surface area contributed by atoms with Crippen LogP contribution in [-0.2, 0) is 27.3 Å². The molecule has 10 heteroatoms. The molecule has 0 unspecified atom stereocenters. The van der Waals surface area contributed by atoms with Crippen molar-refractivity contribution in [1.29, 1.82) is 0 Å². The van der Waals surface area contributed by atoms with Crippen molar-refractivity contribution in [3.8, 4) is 0 Å². The van der Waals surface area contributed by atoms with E-state index >= 15 is 0 Å². The highest BCUT2D eigenvalue weighted by molar-refractivity contribution is 5.69. The highest BCUT2D eigenvalue weighted by atomic mass is 16.4. The summed E-state index contributed by atoms with van der Waals surface area (Å²) in [4.78, 5) is 39.7. The van der Waals surface area contributed by atoms with Gasteiger partial charge in [0.1, 0.15) is 0 Å². The van der Waals surface area contributed by atoms with Gasteiger partial charge in [-0.05, 0) is 62.5 Å². The molecule has 1 fully saturated rings. The standard InChI is InChI=1S/C23H36N4O6/c24-12-19-5-3-18(4-6-19)11-20-13-26(16-22(30)31)9-1-7-25(15-21(28)29)8-2-10-27(14-20)17-23(32)33/h3-6,20H,1-2,7-17,24H2,(H,28,29)(H,30,31)(H,32,33). The number of carbonyl (C=O) groups is 3. The number of benzene rings is 1. The van der Waals surface area contributed by atoms with Crippen molar-refractivity contribution in [2.75, 3.05) is 58.9 Å². The Morgan fingerprint density at radius 1 is 0.727 bits per heavy atom. The lowest BCUT2D eigenvalue weighted by molar-refractivity contribution is -0.139. The third-order valence-electron chi connectivity index (χ3n) is 5.79. The third kappa shape index (κ3) is 10.8. The first-order chi connectivity index (χ1) is 15.7. The Hall–Kier alpha value is -2.53. The zero-order valence-electron chi connectivity index (χ0n) is 19.1. The van der Waals surface area contributed by atoms with Gasteiger partial charge in [-0.2, -0.15) is 0 Å². The predicted molar refractivity (Wildman–Crippen MR) is 123 cm³/mol. The van der Waals surface area contributed by atoms with Gasteiger partial charge in [0.15, 0.2) is 0 Å². The number of nitrogens with two attached hydrogens (primary N) is 1. The number of hydrogen-bond donors (Lipinski definition) is 4. The van der Waals surface area contributed by atoms with Gasteiger partial charge in [-0.15, -0.1) is 0 Å². The second-order valence-corrected chi connectivity index (χ2v) is 8.73. The van der Waals surface area contributed by atoms with Gasteiger partial charge >= 0.3 is 17.9 Å². The Bertz CT molecular complexity index is 741. The van der Waals surface area contributed by atoms with Gasteiger partial charge in [0.05, 0.1) is 19.6 Å². The Balaban J connectivity index is 2.21. The fourth-order valence-electron chi connectivity index (χ4n) is 4.41. The quantitative estimate of drug-likeness (QED) is 0.401. The predicted octanol–water partition coefficient (Wildman–Crippen LogP) is 0.258. The van der Waals surface area contributed by atoms with E-state index in [1.165, 1.54) is 0 Å². The lowest BCUT2D eigenvalue weighted by Gasteiger charge is -2.33. The van der Waals surface area contributed by atoms with Crippen molar-refractivity contribution in [3.63, 3.8) is 0 Å². The highest BCUT2D eigenvalue weighted by Crippen LogP contribution is 2.16. The molecule has 33 heavy (non-hydrogen) atoms. The van der Waals surface area contributed by atoms with Gasteiger partial charge in [0, 0.05) is 19.6 Å². The monoisotopic (exact) mass is 464 g/mol. The molecule has 184 valence electrons. The number of hydrogen-bond acceptors (Lipinski definition) is 7. The molecule has 1 heterocycles. The minimum Gasteiger partial charge on any atom is -0.480 e. The molecule has 0 spiro atoms. The van der Waals surface area contributed by atoms with Crippen LogP contribution < -0.4 is 5.73 Å². The first kappa shape index (κ1) is 26.7. The van der Waals surface area contributed by atoms with E-state index in [0.29, 0.717) is 65.1 Å². The van der Waals surface area contributed by atoms with Crippen LogP contribution in [-0.4, -0.2) is 107 Å². The summed E-state index contributed by atoms with van der Waals surface area (Å²) in [6, 6.07) is 7.99. The van der Waals surface area contributed by atoms with Gasteiger partial charge in [0.2, 0.25) is 0 Å². The smallest absolute Gasteiger partial charge is 0.317 e. The maximum atomic E-state index is 11.5. The van der Waals surface area contributed by atoms with E-state index in [9.17, 15) is 29.7 Å². The van der Waals surface area contributed by atoms with Crippen molar-refractivity contribution >= 4 is 17.9 Å². The zero-order valence-corrected chi connectivity index (χ0v) is 19.1. The van der Waals surface area contributed by atoms with Crippen LogP contribution in [0.25, 0.3) is 0 Å². The fraction of sp³-hybridized carbons (Fsp3) is 0.609. The van der Waals surface area contributed by atoms with Gasteiger partial charge in [0.25, 0.3) is 0 Å². The summed E-state index contributed by atoms with van der Waals surface area (Å²) in [5.41, 5.74) is 7.82. The average Bonchev–Trinajstić information content (AvgIpc) is 2.71. The van der Waals surface area contributed by atoms with E-state index < -0.39 is 17.9 Å². The number of carboxylic acids is 3. The van der Waals surface area contributed by atoms with E-state index in [0.717, 1.165) is 11.1 Å². The summed E-state index contributed by atoms with van der Waals surface area (Å²) < 4.78 is 0. The van der Waals surface area contributed by atoms with Crippen LogP contribution in [0.2, 0.25) is 0 Å². The average molecular weight is 465 g/mol. The first-order valence-corrected chi connectivity index (χ1v) is 11.4. The van der Waals surface area contributed by atoms with E-state index in [-0.39, 0.29) is 25.6 Å². The number of rotatable bonds is 9. The Morgan fingerprint density at radius 3 is 1.55 bits per heavy atom. The van der Waals surface area contributed by atoms with Crippen molar-refractivity contribution in [2.45, 2.75) is 25.8 Å². The lowest BCUT2D eigenvalue weighted by atomic mass is 9.96. The topological polar surface area (TPSA) is 148 Å². The summed E-state index contributed by atoms with van der Waals surface area (Å²) in [5, 5.41) is 28.0. The Kier molecular flexibility index (Phi) is 11.2. The minimum absolute atomic E-state index is 0.0435. The molecule has 0 aromatic heterocycles. The Labute approximate surface area is 194 Å². The molecule has 1 aliphatic rings. The number of aliphatic carboxylic acids is 3. The fourth-order valence-corrected chi connectivity index (χ4v) is 4.41. The van der Waals surface area contributed by atoms with Gasteiger partial charge in [-0.3, -0.25) is 29.1 Å². The van der Waals surface area contributed by atoms with Crippen LogP contribution in [0.15, 0.2) is 24.3 Å².